The van der Waals surface area contributed by atoms with Crippen LogP contribution < -0.4 is 19.8 Å². The number of benzene rings is 1. The Morgan fingerprint density at radius 3 is 2.72 bits per heavy atom. The van der Waals surface area contributed by atoms with Crippen molar-refractivity contribution < 1.29 is 8.42 Å². The maximum atomic E-state index is 12.1. The SMILES string of the molecule is CC1CN(c2ccc(Nc3ncc4ccn(Cc5ccncc5N(C)S(C)(=O)=O)c4n3)cc2)CCN1. The van der Waals surface area contributed by atoms with E-state index >= 15 is 0 Å². The van der Waals surface area contributed by atoms with Crippen LogP contribution in [-0.4, -0.2) is 66.9 Å². The first-order valence-electron chi connectivity index (χ1n) is 11.8. The zero-order chi connectivity index (χ0) is 25.3. The van der Waals surface area contributed by atoms with E-state index in [1.54, 1.807) is 18.6 Å². The lowest BCUT2D eigenvalue weighted by Crippen LogP contribution is -2.49. The van der Waals surface area contributed by atoms with Gasteiger partial charge in [-0.3, -0.25) is 9.29 Å². The summed E-state index contributed by atoms with van der Waals surface area (Å²) in [6.07, 6.45) is 8.11. The van der Waals surface area contributed by atoms with Crippen molar-refractivity contribution in [3.63, 3.8) is 0 Å². The van der Waals surface area contributed by atoms with Crippen LogP contribution in [0.25, 0.3) is 11.0 Å². The van der Waals surface area contributed by atoms with E-state index in [9.17, 15) is 8.42 Å². The van der Waals surface area contributed by atoms with Crippen molar-refractivity contribution >= 4 is 44.1 Å². The third-order valence-corrected chi connectivity index (χ3v) is 7.62. The van der Waals surface area contributed by atoms with Gasteiger partial charge < -0.3 is 20.1 Å². The molecule has 1 aliphatic heterocycles. The van der Waals surface area contributed by atoms with E-state index in [2.05, 4.69) is 44.6 Å². The molecule has 36 heavy (non-hydrogen) atoms. The number of pyridine rings is 1. The Labute approximate surface area is 211 Å². The monoisotopic (exact) mass is 506 g/mol. The van der Waals surface area contributed by atoms with E-state index in [1.807, 2.05) is 35.0 Å². The number of piperazine rings is 1. The maximum absolute atomic E-state index is 12.1. The van der Waals surface area contributed by atoms with Crippen LogP contribution in [-0.2, 0) is 16.6 Å². The number of rotatable bonds is 7. The van der Waals surface area contributed by atoms with Crippen LogP contribution in [0.5, 0.6) is 0 Å². The van der Waals surface area contributed by atoms with Crippen molar-refractivity contribution in [2.75, 3.05) is 47.5 Å². The Kier molecular flexibility index (Phi) is 6.50. The average Bonchev–Trinajstić information content (AvgIpc) is 3.26. The van der Waals surface area contributed by atoms with Gasteiger partial charge in [0.15, 0.2) is 0 Å². The second-order valence-corrected chi connectivity index (χ2v) is 11.1. The molecule has 188 valence electrons. The van der Waals surface area contributed by atoms with Crippen molar-refractivity contribution in [3.8, 4) is 0 Å². The van der Waals surface area contributed by atoms with Crippen molar-refractivity contribution in [1.29, 1.82) is 0 Å². The van der Waals surface area contributed by atoms with Gasteiger partial charge in [0, 0.05) is 68.1 Å². The van der Waals surface area contributed by atoms with E-state index < -0.39 is 10.0 Å². The normalized spacial score (nSPS) is 16.3. The summed E-state index contributed by atoms with van der Waals surface area (Å²) in [5.74, 6) is 0.495. The van der Waals surface area contributed by atoms with Crippen LogP contribution in [0.1, 0.15) is 12.5 Å². The zero-order valence-electron chi connectivity index (χ0n) is 20.6. The summed E-state index contributed by atoms with van der Waals surface area (Å²) in [5, 5.41) is 7.67. The minimum Gasteiger partial charge on any atom is -0.369 e. The number of sulfonamides is 1. The molecule has 0 aliphatic carbocycles. The molecular formula is C25H30N8O2S. The standard InChI is InChI=1S/C25H30N8O2S/c1-18-16-32(13-11-27-18)22-6-4-21(5-7-22)29-25-28-14-19-9-12-33(24(19)30-25)17-20-8-10-26-15-23(20)31(2)36(3,34)35/h4-10,12,14-15,18,27H,11,13,16-17H2,1-3H3,(H,28,29,30). The molecule has 0 amide bonds. The number of anilines is 4. The van der Waals surface area contributed by atoms with Crippen molar-refractivity contribution in [1.82, 2.24) is 24.8 Å². The summed E-state index contributed by atoms with van der Waals surface area (Å²) < 4.78 is 27.4. The molecule has 1 atom stereocenters. The molecule has 1 aliphatic rings. The molecule has 1 fully saturated rings. The summed E-state index contributed by atoms with van der Waals surface area (Å²) in [7, 11) is -1.88. The molecule has 1 saturated heterocycles. The van der Waals surface area contributed by atoms with Gasteiger partial charge in [0.1, 0.15) is 5.65 Å². The molecule has 10 nitrogen and oxygen atoms in total. The summed E-state index contributed by atoms with van der Waals surface area (Å²) in [4.78, 5) is 15.7. The van der Waals surface area contributed by atoms with Gasteiger partial charge in [-0.05, 0) is 48.9 Å². The van der Waals surface area contributed by atoms with Crippen LogP contribution in [0.2, 0.25) is 0 Å². The lowest BCUT2D eigenvalue weighted by atomic mass is 10.2. The molecule has 2 N–H and O–H groups in total. The zero-order valence-corrected chi connectivity index (χ0v) is 21.4. The molecule has 0 saturated carbocycles. The third kappa shape index (κ3) is 5.12. The summed E-state index contributed by atoms with van der Waals surface area (Å²) >= 11 is 0. The summed E-state index contributed by atoms with van der Waals surface area (Å²) in [6, 6.07) is 12.6. The van der Waals surface area contributed by atoms with Gasteiger partial charge >= 0.3 is 0 Å². The van der Waals surface area contributed by atoms with Gasteiger partial charge in [0.2, 0.25) is 16.0 Å². The molecule has 4 heterocycles. The molecule has 1 unspecified atom stereocenters. The second-order valence-electron chi connectivity index (χ2n) is 9.12. The minimum atomic E-state index is -3.41. The predicted octanol–water partition coefficient (Wildman–Crippen LogP) is 2.81. The average molecular weight is 507 g/mol. The quantitative estimate of drug-likeness (QED) is 0.394. The molecule has 1 aromatic carbocycles. The molecule has 0 radical (unpaired) electrons. The van der Waals surface area contributed by atoms with Crippen LogP contribution >= 0.6 is 0 Å². The number of hydrogen-bond acceptors (Lipinski definition) is 8. The number of hydrogen-bond donors (Lipinski definition) is 2. The van der Waals surface area contributed by atoms with Gasteiger partial charge in [-0.15, -0.1) is 0 Å². The first kappa shape index (κ1) is 24.0. The van der Waals surface area contributed by atoms with E-state index in [1.165, 1.54) is 23.3 Å². The maximum Gasteiger partial charge on any atom is 0.232 e. The van der Waals surface area contributed by atoms with Crippen LogP contribution in [0.3, 0.4) is 0 Å². The first-order valence-corrected chi connectivity index (χ1v) is 13.7. The van der Waals surface area contributed by atoms with Crippen LogP contribution in [0.4, 0.5) is 23.0 Å². The van der Waals surface area contributed by atoms with E-state index in [4.69, 9.17) is 4.98 Å². The largest absolute Gasteiger partial charge is 0.369 e. The van der Waals surface area contributed by atoms with Crippen LogP contribution in [0.15, 0.2) is 61.2 Å². The molecule has 5 rings (SSSR count). The van der Waals surface area contributed by atoms with Gasteiger partial charge in [0.25, 0.3) is 0 Å². The Morgan fingerprint density at radius 2 is 1.97 bits per heavy atom. The third-order valence-electron chi connectivity index (χ3n) is 6.42. The Morgan fingerprint density at radius 1 is 1.17 bits per heavy atom. The lowest BCUT2D eigenvalue weighted by molar-refractivity contribution is 0.485. The minimum absolute atomic E-state index is 0.440. The number of nitrogens with one attached hydrogen (secondary N) is 2. The Balaban J connectivity index is 1.36. The first-order chi connectivity index (χ1) is 17.3. The van der Waals surface area contributed by atoms with Crippen molar-refractivity contribution in [2.24, 2.45) is 0 Å². The molecule has 3 aromatic heterocycles. The lowest BCUT2D eigenvalue weighted by Gasteiger charge is -2.33. The van der Waals surface area contributed by atoms with Gasteiger partial charge in [-0.1, -0.05) is 0 Å². The van der Waals surface area contributed by atoms with Gasteiger partial charge in [-0.2, -0.15) is 4.98 Å². The molecule has 0 bridgehead atoms. The van der Waals surface area contributed by atoms with E-state index in [0.29, 0.717) is 24.2 Å². The van der Waals surface area contributed by atoms with Gasteiger partial charge in [0.05, 0.1) is 24.7 Å². The summed E-state index contributed by atoms with van der Waals surface area (Å²) in [5.41, 5.74) is 4.22. The molecule has 11 heteroatoms. The smallest absolute Gasteiger partial charge is 0.232 e. The number of fused-ring (bicyclic) bond motifs is 1. The van der Waals surface area contributed by atoms with Crippen molar-refractivity contribution in [3.05, 3.63) is 66.7 Å². The van der Waals surface area contributed by atoms with Crippen LogP contribution in [0, 0.1) is 0 Å². The second kappa shape index (κ2) is 9.75. The number of aromatic nitrogens is 4. The van der Waals surface area contributed by atoms with E-state index in [0.717, 1.165) is 41.9 Å². The molecular weight excluding hydrogens is 476 g/mol. The molecule has 4 aromatic rings. The Hall–Kier alpha value is -3.70. The predicted molar refractivity (Wildman–Crippen MR) is 144 cm³/mol. The fourth-order valence-electron chi connectivity index (χ4n) is 4.40. The van der Waals surface area contributed by atoms with Crippen molar-refractivity contribution in [2.45, 2.75) is 19.5 Å². The fourth-order valence-corrected chi connectivity index (χ4v) is 4.93. The fraction of sp³-hybridized carbons (Fsp3) is 0.320. The Bertz CT molecular complexity index is 1470. The topological polar surface area (TPSA) is 108 Å². The molecule has 0 spiro atoms. The number of nitrogens with zero attached hydrogens (tertiary/aromatic N) is 6. The highest BCUT2D eigenvalue weighted by atomic mass is 32.2. The summed E-state index contributed by atoms with van der Waals surface area (Å²) in [6.45, 7) is 5.61. The highest BCUT2D eigenvalue weighted by Gasteiger charge is 2.18. The van der Waals surface area contributed by atoms with E-state index in [-0.39, 0.29) is 0 Å². The highest BCUT2D eigenvalue weighted by molar-refractivity contribution is 7.92. The highest BCUT2D eigenvalue weighted by Crippen LogP contribution is 2.25. The van der Waals surface area contributed by atoms with Gasteiger partial charge in [-0.25, -0.2) is 13.4 Å².